The van der Waals surface area contributed by atoms with Crippen molar-refractivity contribution in [3.8, 4) is 0 Å². The molecule has 1 aromatic carbocycles. The van der Waals surface area contributed by atoms with Crippen molar-refractivity contribution in [3.05, 3.63) is 47.2 Å². The van der Waals surface area contributed by atoms with Crippen molar-refractivity contribution >= 4 is 17.5 Å². The predicted molar refractivity (Wildman–Crippen MR) is 64.9 cm³/mol. The van der Waals surface area contributed by atoms with Crippen LogP contribution < -0.4 is 5.32 Å². The lowest BCUT2D eigenvalue weighted by Gasteiger charge is -2.07. The van der Waals surface area contributed by atoms with Gasteiger partial charge in [0.05, 0.1) is 0 Å². The van der Waals surface area contributed by atoms with Gasteiger partial charge in [-0.2, -0.15) is 0 Å². The Balaban J connectivity index is 2.22. The average Bonchev–Trinajstić information content (AvgIpc) is 2.71. The molecule has 0 aliphatic carbocycles. The van der Waals surface area contributed by atoms with E-state index in [1.54, 1.807) is 6.07 Å². The van der Waals surface area contributed by atoms with Gasteiger partial charge < -0.3 is 14.8 Å². The topological polar surface area (TPSA) is 62.5 Å². The van der Waals surface area contributed by atoms with Gasteiger partial charge in [-0.1, -0.05) is 17.7 Å². The summed E-state index contributed by atoms with van der Waals surface area (Å²) in [6.45, 7) is 4.00. The Kier molecular flexibility index (Phi) is 2.87. The summed E-state index contributed by atoms with van der Waals surface area (Å²) in [5.74, 6) is -0.717. The first-order valence-electron chi connectivity index (χ1n) is 5.23. The number of hydrogen-bond donors (Lipinski definition) is 2. The van der Waals surface area contributed by atoms with Crippen LogP contribution in [-0.2, 0) is 0 Å². The van der Waals surface area contributed by atoms with Crippen LogP contribution in [0.3, 0.4) is 0 Å². The van der Waals surface area contributed by atoms with Gasteiger partial charge >= 0.3 is 5.97 Å². The van der Waals surface area contributed by atoms with Gasteiger partial charge in [-0.25, -0.2) is 4.79 Å². The van der Waals surface area contributed by atoms with Gasteiger partial charge in [0.15, 0.2) is 5.88 Å². The van der Waals surface area contributed by atoms with Gasteiger partial charge in [0, 0.05) is 11.8 Å². The summed E-state index contributed by atoms with van der Waals surface area (Å²) >= 11 is 0. The van der Waals surface area contributed by atoms with E-state index >= 15 is 0 Å². The first kappa shape index (κ1) is 11.3. The van der Waals surface area contributed by atoms with E-state index in [9.17, 15) is 4.79 Å². The first-order chi connectivity index (χ1) is 8.06. The second kappa shape index (κ2) is 4.33. The summed E-state index contributed by atoms with van der Waals surface area (Å²) in [4.78, 5) is 10.7. The van der Waals surface area contributed by atoms with E-state index in [0.717, 1.165) is 11.3 Å². The first-order valence-corrected chi connectivity index (χ1v) is 5.23. The minimum atomic E-state index is -1.07. The molecule has 0 unspecified atom stereocenters. The van der Waals surface area contributed by atoms with Gasteiger partial charge in [-0.05, 0) is 31.5 Å². The highest BCUT2D eigenvalue weighted by molar-refractivity contribution is 5.85. The van der Waals surface area contributed by atoms with Crippen molar-refractivity contribution in [1.29, 1.82) is 0 Å². The van der Waals surface area contributed by atoms with Crippen molar-refractivity contribution in [3.63, 3.8) is 0 Å². The number of carbonyl (C=O) groups is 1. The lowest BCUT2D eigenvalue weighted by Crippen LogP contribution is -1.94. The molecule has 0 aliphatic heterocycles. The fraction of sp³-hybridized carbons (Fsp3) is 0.154. The maximum absolute atomic E-state index is 10.7. The number of carboxylic acid groups (broad SMARTS) is 1. The maximum Gasteiger partial charge on any atom is 0.371 e. The Hall–Kier alpha value is -2.23. The van der Waals surface area contributed by atoms with Gasteiger partial charge in [-0.3, -0.25) is 0 Å². The Bertz CT molecular complexity index is 558. The molecule has 88 valence electrons. The number of hydrogen-bond acceptors (Lipinski definition) is 3. The molecule has 0 radical (unpaired) electrons. The van der Waals surface area contributed by atoms with Crippen molar-refractivity contribution in [2.75, 3.05) is 5.32 Å². The highest BCUT2D eigenvalue weighted by atomic mass is 16.4. The second-order valence-corrected chi connectivity index (χ2v) is 3.91. The molecule has 17 heavy (non-hydrogen) atoms. The molecule has 4 heteroatoms. The molecule has 1 heterocycles. The van der Waals surface area contributed by atoms with Crippen LogP contribution in [0.1, 0.15) is 21.7 Å². The Morgan fingerprint density at radius 1 is 1.24 bits per heavy atom. The third-order valence-electron chi connectivity index (χ3n) is 2.46. The lowest BCUT2D eigenvalue weighted by atomic mass is 10.1. The van der Waals surface area contributed by atoms with E-state index in [1.807, 2.05) is 32.0 Å². The number of aromatic carboxylic acids is 1. The monoisotopic (exact) mass is 231 g/mol. The van der Waals surface area contributed by atoms with Crippen LogP contribution in [0.2, 0.25) is 0 Å². The van der Waals surface area contributed by atoms with Gasteiger partial charge in [0.2, 0.25) is 5.76 Å². The fourth-order valence-corrected chi connectivity index (χ4v) is 1.61. The molecule has 0 spiro atoms. The summed E-state index contributed by atoms with van der Waals surface area (Å²) < 4.78 is 5.12. The van der Waals surface area contributed by atoms with Crippen LogP contribution >= 0.6 is 0 Å². The van der Waals surface area contributed by atoms with Gasteiger partial charge in [0.25, 0.3) is 0 Å². The van der Waals surface area contributed by atoms with Crippen LogP contribution in [0, 0.1) is 13.8 Å². The van der Waals surface area contributed by atoms with Crippen molar-refractivity contribution in [2.45, 2.75) is 13.8 Å². The number of furan rings is 1. The third-order valence-corrected chi connectivity index (χ3v) is 2.46. The molecular weight excluding hydrogens is 218 g/mol. The molecule has 2 aromatic rings. The molecule has 1 aromatic heterocycles. The highest BCUT2D eigenvalue weighted by Gasteiger charge is 2.09. The second-order valence-electron chi connectivity index (χ2n) is 3.91. The van der Waals surface area contributed by atoms with Crippen LogP contribution in [0.5, 0.6) is 0 Å². The van der Waals surface area contributed by atoms with Crippen LogP contribution in [0.15, 0.2) is 34.7 Å². The van der Waals surface area contributed by atoms with Crippen LogP contribution in [0.4, 0.5) is 11.6 Å². The molecule has 0 aliphatic rings. The van der Waals surface area contributed by atoms with E-state index in [2.05, 4.69) is 5.32 Å². The summed E-state index contributed by atoms with van der Waals surface area (Å²) in [7, 11) is 0. The van der Waals surface area contributed by atoms with Gasteiger partial charge in [0.1, 0.15) is 0 Å². The summed E-state index contributed by atoms with van der Waals surface area (Å²) in [5, 5.41) is 11.8. The largest absolute Gasteiger partial charge is 0.475 e. The lowest BCUT2D eigenvalue weighted by molar-refractivity contribution is 0.0663. The molecule has 2 N–H and O–H groups in total. The van der Waals surface area contributed by atoms with E-state index in [4.69, 9.17) is 9.52 Å². The van der Waals surface area contributed by atoms with E-state index in [1.165, 1.54) is 11.6 Å². The zero-order chi connectivity index (χ0) is 12.4. The minimum Gasteiger partial charge on any atom is -0.475 e. The van der Waals surface area contributed by atoms with E-state index < -0.39 is 5.97 Å². The number of rotatable bonds is 3. The fourth-order valence-electron chi connectivity index (χ4n) is 1.61. The van der Waals surface area contributed by atoms with E-state index in [-0.39, 0.29) is 5.76 Å². The standard InChI is InChI=1S/C13H13NO3/c1-8-3-4-10(9(2)7-8)14-12-6-5-11(17-12)13(15)16/h3-7,14H,1-2H3,(H,15,16). The maximum atomic E-state index is 10.7. The summed E-state index contributed by atoms with van der Waals surface area (Å²) in [6.07, 6.45) is 0. The number of nitrogens with one attached hydrogen (secondary N) is 1. The molecule has 2 rings (SSSR count). The molecule has 0 saturated carbocycles. The normalized spacial score (nSPS) is 10.2. The number of carboxylic acids is 1. The smallest absolute Gasteiger partial charge is 0.371 e. The SMILES string of the molecule is Cc1ccc(Nc2ccc(C(=O)O)o2)c(C)c1. The third kappa shape index (κ3) is 2.47. The summed E-state index contributed by atoms with van der Waals surface area (Å²) in [5.41, 5.74) is 3.17. The zero-order valence-corrected chi connectivity index (χ0v) is 9.65. The van der Waals surface area contributed by atoms with Crippen LogP contribution in [0.25, 0.3) is 0 Å². The molecule has 0 amide bonds. The number of benzene rings is 1. The minimum absolute atomic E-state index is 0.0720. The predicted octanol–water partition coefficient (Wildman–Crippen LogP) is 3.34. The highest BCUT2D eigenvalue weighted by Crippen LogP contribution is 2.23. The molecule has 0 fully saturated rings. The molecule has 4 nitrogen and oxygen atoms in total. The van der Waals surface area contributed by atoms with E-state index in [0.29, 0.717) is 5.88 Å². The number of aryl methyl sites for hydroxylation is 2. The van der Waals surface area contributed by atoms with Crippen LogP contribution in [-0.4, -0.2) is 11.1 Å². The van der Waals surface area contributed by atoms with Crippen molar-refractivity contribution in [1.82, 2.24) is 0 Å². The Labute approximate surface area is 98.9 Å². The summed E-state index contributed by atoms with van der Waals surface area (Å²) in [6, 6.07) is 8.99. The zero-order valence-electron chi connectivity index (χ0n) is 9.65. The van der Waals surface area contributed by atoms with Gasteiger partial charge in [-0.15, -0.1) is 0 Å². The number of anilines is 2. The molecule has 0 saturated heterocycles. The molecule has 0 atom stereocenters. The molecule has 0 bridgehead atoms. The molecular formula is C13H13NO3. The van der Waals surface area contributed by atoms with Crippen molar-refractivity contribution < 1.29 is 14.3 Å². The average molecular weight is 231 g/mol. The quantitative estimate of drug-likeness (QED) is 0.850. The Morgan fingerprint density at radius 3 is 2.59 bits per heavy atom. The van der Waals surface area contributed by atoms with Crippen molar-refractivity contribution in [2.24, 2.45) is 0 Å². The Morgan fingerprint density at radius 2 is 2.00 bits per heavy atom.